The lowest BCUT2D eigenvalue weighted by molar-refractivity contribution is 0.475. The first kappa shape index (κ1) is 20.2. The quantitative estimate of drug-likeness (QED) is 0.462. The third-order valence-electron chi connectivity index (χ3n) is 6.24. The highest BCUT2D eigenvalue weighted by Gasteiger charge is 2.33. The zero-order valence-electron chi connectivity index (χ0n) is 17.5. The van der Waals surface area contributed by atoms with E-state index in [1.807, 2.05) is 42.5 Å². The Morgan fingerprint density at radius 1 is 1.03 bits per heavy atom. The van der Waals surface area contributed by atoms with Crippen molar-refractivity contribution in [3.63, 3.8) is 0 Å². The van der Waals surface area contributed by atoms with E-state index in [1.54, 1.807) is 22.8 Å². The molecule has 1 atom stereocenters. The van der Waals surface area contributed by atoms with Crippen LogP contribution in [0.25, 0.3) is 11.8 Å². The predicted octanol–water partition coefficient (Wildman–Crippen LogP) is 4.68. The molecule has 0 spiro atoms. The number of phenolic OH excluding ortho intramolecular Hbond substituents is 1. The molecule has 1 aliphatic carbocycles. The van der Waals surface area contributed by atoms with Crippen molar-refractivity contribution in [2.45, 2.75) is 18.9 Å². The maximum absolute atomic E-state index is 13.7. The van der Waals surface area contributed by atoms with E-state index in [4.69, 9.17) is 16.6 Å². The van der Waals surface area contributed by atoms with Crippen LogP contribution in [0.4, 0.5) is 0 Å². The summed E-state index contributed by atoms with van der Waals surface area (Å²) in [7, 11) is 0. The SMILES string of the molecule is O=c1/c(=C/c2cccc(O)c2)sc2n1[C@@H](c1ccccc1Cl)C1=C(N=2)c2ccccc2CC1. The molecule has 1 aliphatic heterocycles. The number of nitrogens with zero attached hydrogens (tertiary/aromatic N) is 2. The second kappa shape index (κ2) is 7.87. The molecule has 6 rings (SSSR count). The van der Waals surface area contributed by atoms with Gasteiger partial charge in [0.1, 0.15) is 5.75 Å². The fourth-order valence-electron chi connectivity index (χ4n) is 4.76. The third-order valence-corrected chi connectivity index (χ3v) is 7.57. The monoisotopic (exact) mass is 470 g/mol. The van der Waals surface area contributed by atoms with E-state index in [-0.39, 0.29) is 17.4 Å². The van der Waals surface area contributed by atoms with Gasteiger partial charge < -0.3 is 5.11 Å². The summed E-state index contributed by atoms with van der Waals surface area (Å²) in [5.74, 6) is 0.164. The molecule has 4 aromatic rings. The number of benzene rings is 3. The summed E-state index contributed by atoms with van der Waals surface area (Å²) in [6.45, 7) is 0. The van der Waals surface area contributed by atoms with Crippen molar-refractivity contribution in [2.75, 3.05) is 0 Å². The highest BCUT2D eigenvalue weighted by molar-refractivity contribution is 7.07. The van der Waals surface area contributed by atoms with Gasteiger partial charge >= 0.3 is 0 Å². The van der Waals surface area contributed by atoms with E-state index in [0.717, 1.165) is 40.8 Å². The maximum Gasteiger partial charge on any atom is 0.271 e. The van der Waals surface area contributed by atoms with Crippen LogP contribution in [0, 0.1) is 0 Å². The van der Waals surface area contributed by atoms with Crippen LogP contribution in [-0.2, 0) is 6.42 Å². The number of allylic oxidation sites excluding steroid dienone is 1. The number of hydrogen-bond donors (Lipinski definition) is 1. The molecule has 0 fully saturated rings. The van der Waals surface area contributed by atoms with Gasteiger partial charge in [-0.1, -0.05) is 77.5 Å². The van der Waals surface area contributed by atoms with Crippen molar-refractivity contribution in [2.24, 2.45) is 4.99 Å². The van der Waals surface area contributed by atoms with Crippen LogP contribution in [0.5, 0.6) is 5.75 Å². The van der Waals surface area contributed by atoms with Gasteiger partial charge in [0, 0.05) is 10.6 Å². The number of aryl methyl sites for hydroxylation is 1. The van der Waals surface area contributed by atoms with Gasteiger partial charge in [-0.05, 0) is 59.4 Å². The van der Waals surface area contributed by atoms with Gasteiger partial charge in [-0.15, -0.1) is 0 Å². The second-order valence-corrected chi connectivity index (χ2v) is 9.65. The molecule has 0 amide bonds. The molecule has 0 radical (unpaired) electrons. The van der Waals surface area contributed by atoms with E-state index in [9.17, 15) is 9.90 Å². The summed E-state index contributed by atoms with van der Waals surface area (Å²) in [5, 5.41) is 10.5. The zero-order valence-corrected chi connectivity index (χ0v) is 19.1. The maximum atomic E-state index is 13.7. The summed E-state index contributed by atoms with van der Waals surface area (Å²) in [5.41, 5.74) is 6.05. The summed E-state index contributed by atoms with van der Waals surface area (Å²) in [4.78, 5) is 19.3. The molecule has 1 aromatic heterocycles. The topological polar surface area (TPSA) is 54.6 Å². The lowest BCUT2D eigenvalue weighted by Gasteiger charge is -2.31. The molecule has 0 saturated carbocycles. The number of aromatic hydroxyl groups is 1. The molecular weight excluding hydrogens is 452 g/mol. The van der Waals surface area contributed by atoms with Crippen molar-refractivity contribution in [1.82, 2.24) is 4.57 Å². The minimum Gasteiger partial charge on any atom is -0.508 e. The molecule has 0 bridgehead atoms. The summed E-state index contributed by atoms with van der Waals surface area (Å²) in [6, 6.07) is 22.7. The highest BCUT2D eigenvalue weighted by Crippen LogP contribution is 2.42. The summed E-state index contributed by atoms with van der Waals surface area (Å²) < 4.78 is 2.36. The first-order valence-corrected chi connectivity index (χ1v) is 12.0. The van der Waals surface area contributed by atoms with Crippen LogP contribution >= 0.6 is 22.9 Å². The Kier molecular flexibility index (Phi) is 4.82. The lowest BCUT2D eigenvalue weighted by atomic mass is 9.83. The average molecular weight is 471 g/mol. The minimum atomic E-state index is -0.301. The molecule has 2 heterocycles. The Bertz CT molecular complexity index is 1630. The molecule has 4 nitrogen and oxygen atoms in total. The summed E-state index contributed by atoms with van der Waals surface area (Å²) >= 11 is 8.03. The van der Waals surface area contributed by atoms with Crippen LogP contribution in [0.3, 0.4) is 0 Å². The average Bonchev–Trinajstić information content (AvgIpc) is 3.13. The van der Waals surface area contributed by atoms with Gasteiger partial charge in [-0.25, -0.2) is 4.99 Å². The normalized spacial score (nSPS) is 17.2. The van der Waals surface area contributed by atoms with Crippen LogP contribution < -0.4 is 14.9 Å². The van der Waals surface area contributed by atoms with E-state index in [1.165, 1.54) is 16.9 Å². The van der Waals surface area contributed by atoms with Gasteiger partial charge in [-0.2, -0.15) is 0 Å². The number of fused-ring (bicyclic) bond motifs is 3. The predicted molar refractivity (Wildman–Crippen MR) is 132 cm³/mol. The van der Waals surface area contributed by atoms with Crippen molar-refractivity contribution in [3.8, 4) is 5.75 Å². The van der Waals surface area contributed by atoms with Crippen LogP contribution in [0.2, 0.25) is 5.02 Å². The van der Waals surface area contributed by atoms with Crippen LogP contribution in [-0.4, -0.2) is 9.67 Å². The molecule has 0 unspecified atom stereocenters. The molecular formula is C27H19ClN2O2S. The van der Waals surface area contributed by atoms with Gasteiger partial charge in [0.15, 0.2) is 4.80 Å². The number of phenols is 1. The Hall–Kier alpha value is -3.41. The van der Waals surface area contributed by atoms with Crippen molar-refractivity contribution < 1.29 is 5.11 Å². The fourth-order valence-corrected chi connectivity index (χ4v) is 6.00. The minimum absolute atomic E-state index is 0.0996. The van der Waals surface area contributed by atoms with Gasteiger partial charge in [0.25, 0.3) is 5.56 Å². The lowest BCUT2D eigenvalue weighted by Crippen LogP contribution is -2.38. The number of aromatic nitrogens is 1. The first-order chi connectivity index (χ1) is 16.1. The molecule has 1 N–H and O–H groups in total. The number of rotatable bonds is 2. The molecule has 6 heteroatoms. The van der Waals surface area contributed by atoms with E-state index >= 15 is 0 Å². The molecule has 33 heavy (non-hydrogen) atoms. The molecule has 3 aromatic carbocycles. The Morgan fingerprint density at radius 3 is 2.70 bits per heavy atom. The van der Waals surface area contributed by atoms with E-state index in [2.05, 4.69) is 18.2 Å². The number of hydrogen-bond acceptors (Lipinski definition) is 4. The molecule has 162 valence electrons. The zero-order chi connectivity index (χ0) is 22.5. The smallest absolute Gasteiger partial charge is 0.271 e. The summed E-state index contributed by atoms with van der Waals surface area (Å²) in [6.07, 6.45) is 3.53. The Balaban J connectivity index is 1.65. The van der Waals surface area contributed by atoms with Crippen LogP contribution in [0.15, 0.2) is 88.2 Å². The third kappa shape index (κ3) is 3.36. The molecule has 0 saturated heterocycles. The van der Waals surface area contributed by atoms with Crippen molar-refractivity contribution >= 4 is 34.7 Å². The largest absolute Gasteiger partial charge is 0.508 e. The van der Waals surface area contributed by atoms with Gasteiger partial charge in [-0.3, -0.25) is 9.36 Å². The Labute approximate surface area is 199 Å². The number of thiazole rings is 1. The van der Waals surface area contributed by atoms with Crippen molar-refractivity contribution in [1.29, 1.82) is 0 Å². The van der Waals surface area contributed by atoms with Gasteiger partial charge in [0.05, 0.1) is 16.3 Å². The van der Waals surface area contributed by atoms with E-state index in [0.29, 0.717) is 14.4 Å². The Morgan fingerprint density at radius 2 is 1.85 bits per heavy atom. The first-order valence-electron chi connectivity index (χ1n) is 10.8. The number of halogens is 1. The second-order valence-electron chi connectivity index (χ2n) is 8.23. The van der Waals surface area contributed by atoms with Crippen LogP contribution in [0.1, 0.15) is 34.7 Å². The van der Waals surface area contributed by atoms with Crippen molar-refractivity contribution in [3.05, 3.63) is 125 Å². The van der Waals surface area contributed by atoms with E-state index < -0.39 is 0 Å². The molecule has 2 aliphatic rings. The highest BCUT2D eigenvalue weighted by atomic mass is 35.5. The van der Waals surface area contributed by atoms with Gasteiger partial charge in [0.2, 0.25) is 0 Å². The fraction of sp³-hybridized carbons (Fsp3) is 0.111. The standard InChI is InChI=1S/C27H19ClN2O2S/c28-22-11-4-3-10-20(22)25-21-13-12-17-7-1-2-9-19(17)24(21)29-27-30(25)26(32)23(33-27)15-16-6-5-8-18(31)14-16/h1-11,14-15,25,31H,12-13H2/b23-15-/t25-/m0/s1.